The minimum atomic E-state index is 0.00820. The highest BCUT2D eigenvalue weighted by Gasteiger charge is 1.91. The highest BCUT2D eigenvalue weighted by Crippen LogP contribution is 1.96. The summed E-state index contributed by atoms with van der Waals surface area (Å²) in [5.41, 5.74) is 2.45. The lowest BCUT2D eigenvalue weighted by Crippen LogP contribution is -2.18. The van der Waals surface area contributed by atoms with Gasteiger partial charge in [0.05, 0.1) is 0 Å². The zero-order chi connectivity index (χ0) is 13.2. The van der Waals surface area contributed by atoms with E-state index in [0.29, 0.717) is 6.54 Å². The third kappa shape index (κ3) is 6.48. The van der Waals surface area contributed by atoms with E-state index < -0.39 is 0 Å². The molecule has 0 bridgehead atoms. The first-order valence-corrected chi connectivity index (χ1v) is 5.98. The SMILES string of the molecule is CC(=O)NCc1ccccc1.Cc1ccccc1. The molecule has 18 heavy (non-hydrogen) atoms. The van der Waals surface area contributed by atoms with Crippen LogP contribution in [0.4, 0.5) is 0 Å². The zero-order valence-electron chi connectivity index (χ0n) is 10.9. The van der Waals surface area contributed by atoms with Gasteiger partial charge in [0, 0.05) is 13.5 Å². The molecule has 2 aromatic carbocycles. The Hall–Kier alpha value is -2.09. The summed E-state index contributed by atoms with van der Waals surface area (Å²) in [6, 6.07) is 20.1. The van der Waals surface area contributed by atoms with Crippen LogP contribution >= 0.6 is 0 Å². The number of amides is 1. The summed E-state index contributed by atoms with van der Waals surface area (Å²) >= 11 is 0. The van der Waals surface area contributed by atoms with Crippen molar-refractivity contribution in [2.24, 2.45) is 0 Å². The number of aryl methyl sites for hydroxylation is 1. The van der Waals surface area contributed by atoms with E-state index in [9.17, 15) is 4.79 Å². The summed E-state index contributed by atoms with van der Waals surface area (Å²) in [7, 11) is 0. The van der Waals surface area contributed by atoms with Gasteiger partial charge < -0.3 is 5.32 Å². The van der Waals surface area contributed by atoms with Gasteiger partial charge in [-0.3, -0.25) is 4.79 Å². The molecule has 94 valence electrons. The van der Waals surface area contributed by atoms with Crippen LogP contribution in [0.3, 0.4) is 0 Å². The number of nitrogens with one attached hydrogen (secondary N) is 1. The van der Waals surface area contributed by atoms with Gasteiger partial charge >= 0.3 is 0 Å². The Morgan fingerprint density at radius 2 is 1.44 bits per heavy atom. The summed E-state index contributed by atoms with van der Waals surface area (Å²) in [5, 5.41) is 2.72. The smallest absolute Gasteiger partial charge is 0.217 e. The van der Waals surface area contributed by atoms with E-state index in [1.165, 1.54) is 12.5 Å². The summed E-state index contributed by atoms with van der Waals surface area (Å²) < 4.78 is 0. The van der Waals surface area contributed by atoms with E-state index in [1.807, 2.05) is 48.5 Å². The van der Waals surface area contributed by atoms with E-state index >= 15 is 0 Å². The molecular weight excluding hydrogens is 222 g/mol. The van der Waals surface area contributed by atoms with E-state index in [0.717, 1.165) is 5.56 Å². The summed E-state index contributed by atoms with van der Waals surface area (Å²) in [6.45, 7) is 4.22. The summed E-state index contributed by atoms with van der Waals surface area (Å²) in [5.74, 6) is 0.00820. The lowest BCUT2D eigenvalue weighted by atomic mass is 10.2. The van der Waals surface area contributed by atoms with Gasteiger partial charge in [0.25, 0.3) is 0 Å². The summed E-state index contributed by atoms with van der Waals surface area (Å²) in [4.78, 5) is 10.5. The van der Waals surface area contributed by atoms with Crippen LogP contribution in [0, 0.1) is 6.92 Å². The topological polar surface area (TPSA) is 29.1 Å². The standard InChI is InChI=1S/C9H11NO.C7H8/c1-8(11)10-7-9-5-3-2-4-6-9;1-7-5-3-2-4-6-7/h2-6H,7H2,1H3,(H,10,11);2-6H,1H3. The van der Waals surface area contributed by atoms with Crippen LogP contribution in [0.15, 0.2) is 60.7 Å². The fourth-order valence-corrected chi connectivity index (χ4v) is 1.36. The van der Waals surface area contributed by atoms with Gasteiger partial charge in [-0.05, 0) is 12.5 Å². The first-order valence-electron chi connectivity index (χ1n) is 5.98. The minimum absolute atomic E-state index is 0.00820. The van der Waals surface area contributed by atoms with Crippen LogP contribution in [-0.4, -0.2) is 5.91 Å². The quantitative estimate of drug-likeness (QED) is 0.858. The van der Waals surface area contributed by atoms with E-state index in [-0.39, 0.29) is 5.91 Å². The molecule has 0 atom stereocenters. The van der Waals surface area contributed by atoms with Crippen LogP contribution in [0.5, 0.6) is 0 Å². The molecule has 1 N–H and O–H groups in total. The Balaban J connectivity index is 0.000000199. The maximum atomic E-state index is 10.5. The van der Waals surface area contributed by atoms with Crippen LogP contribution in [0.2, 0.25) is 0 Å². The van der Waals surface area contributed by atoms with Crippen molar-refractivity contribution in [1.82, 2.24) is 5.32 Å². The molecule has 0 spiro atoms. The van der Waals surface area contributed by atoms with Crippen LogP contribution in [0.25, 0.3) is 0 Å². The molecule has 1 amide bonds. The predicted octanol–water partition coefficient (Wildman–Crippen LogP) is 3.32. The van der Waals surface area contributed by atoms with Gasteiger partial charge in [0.2, 0.25) is 5.91 Å². The summed E-state index contributed by atoms with van der Waals surface area (Å²) in [6.07, 6.45) is 0. The zero-order valence-corrected chi connectivity index (χ0v) is 10.9. The van der Waals surface area contributed by atoms with Crippen LogP contribution in [-0.2, 0) is 11.3 Å². The molecule has 0 saturated carbocycles. The van der Waals surface area contributed by atoms with Crippen molar-refractivity contribution in [1.29, 1.82) is 0 Å². The maximum Gasteiger partial charge on any atom is 0.217 e. The van der Waals surface area contributed by atoms with Crippen molar-refractivity contribution in [3.8, 4) is 0 Å². The molecule has 0 unspecified atom stereocenters. The second-order valence-electron chi connectivity index (χ2n) is 4.05. The highest BCUT2D eigenvalue weighted by molar-refractivity contribution is 5.72. The molecule has 0 saturated heterocycles. The molecule has 0 aliphatic rings. The van der Waals surface area contributed by atoms with Crippen molar-refractivity contribution in [2.75, 3.05) is 0 Å². The predicted molar refractivity (Wildman–Crippen MR) is 75.1 cm³/mol. The minimum Gasteiger partial charge on any atom is -0.352 e. The second kappa shape index (κ2) is 8.07. The molecule has 2 nitrogen and oxygen atoms in total. The van der Waals surface area contributed by atoms with Gasteiger partial charge in [-0.15, -0.1) is 0 Å². The fraction of sp³-hybridized carbons (Fsp3) is 0.188. The third-order valence-electron chi connectivity index (χ3n) is 2.32. The van der Waals surface area contributed by atoms with E-state index in [4.69, 9.17) is 0 Å². The number of hydrogen-bond donors (Lipinski definition) is 1. The molecule has 0 fully saturated rings. The molecule has 2 heteroatoms. The third-order valence-corrected chi connectivity index (χ3v) is 2.32. The fourth-order valence-electron chi connectivity index (χ4n) is 1.36. The Morgan fingerprint density at radius 1 is 0.944 bits per heavy atom. The second-order valence-corrected chi connectivity index (χ2v) is 4.05. The van der Waals surface area contributed by atoms with Crippen molar-refractivity contribution in [3.63, 3.8) is 0 Å². The van der Waals surface area contributed by atoms with Gasteiger partial charge in [0.1, 0.15) is 0 Å². The van der Waals surface area contributed by atoms with Crippen LogP contribution in [0.1, 0.15) is 18.1 Å². The monoisotopic (exact) mass is 241 g/mol. The lowest BCUT2D eigenvalue weighted by Gasteiger charge is -2.00. The Kier molecular flexibility index (Phi) is 6.26. The Labute approximate surface area is 109 Å². The van der Waals surface area contributed by atoms with Crippen molar-refractivity contribution >= 4 is 5.91 Å². The molecular formula is C16H19NO. The number of carbonyl (C=O) groups excluding carboxylic acids is 1. The number of carbonyl (C=O) groups is 1. The van der Waals surface area contributed by atoms with E-state index in [1.54, 1.807) is 0 Å². The van der Waals surface area contributed by atoms with E-state index in [2.05, 4.69) is 24.4 Å². The molecule has 2 rings (SSSR count). The van der Waals surface area contributed by atoms with Gasteiger partial charge in [-0.2, -0.15) is 0 Å². The van der Waals surface area contributed by atoms with Crippen LogP contribution < -0.4 is 5.32 Å². The number of hydrogen-bond acceptors (Lipinski definition) is 1. The van der Waals surface area contributed by atoms with Crippen molar-refractivity contribution in [2.45, 2.75) is 20.4 Å². The normalized spacial score (nSPS) is 9.00. The van der Waals surface area contributed by atoms with Crippen molar-refractivity contribution < 1.29 is 4.79 Å². The average molecular weight is 241 g/mol. The Morgan fingerprint density at radius 3 is 1.83 bits per heavy atom. The largest absolute Gasteiger partial charge is 0.352 e. The maximum absolute atomic E-state index is 10.5. The molecule has 0 aromatic heterocycles. The van der Waals surface area contributed by atoms with Gasteiger partial charge in [-0.1, -0.05) is 66.2 Å². The molecule has 0 aliphatic carbocycles. The number of benzene rings is 2. The molecule has 0 heterocycles. The lowest BCUT2D eigenvalue weighted by molar-refractivity contribution is -0.119. The Bertz CT molecular complexity index is 451. The molecule has 2 aromatic rings. The molecule has 0 radical (unpaired) electrons. The van der Waals surface area contributed by atoms with Crippen molar-refractivity contribution in [3.05, 3.63) is 71.8 Å². The first kappa shape index (κ1) is 14.0. The average Bonchev–Trinajstić information content (AvgIpc) is 2.39. The highest BCUT2D eigenvalue weighted by atomic mass is 16.1. The molecule has 0 aliphatic heterocycles. The first-order chi connectivity index (χ1) is 8.68. The van der Waals surface area contributed by atoms with Gasteiger partial charge in [0.15, 0.2) is 0 Å². The van der Waals surface area contributed by atoms with Gasteiger partial charge in [-0.25, -0.2) is 0 Å². The number of rotatable bonds is 2.